The van der Waals surface area contributed by atoms with E-state index in [4.69, 9.17) is 9.47 Å². The Morgan fingerprint density at radius 3 is 2.69 bits per heavy atom. The number of esters is 1. The highest BCUT2D eigenvalue weighted by molar-refractivity contribution is 5.87. The quantitative estimate of drug-likeness (QED) is 0.529. The molecule has 1 aliphatic heterocycles. The minimum absolute atomic E-state index is 0.186. The van der Waals surface area contributed by atoms with E-state index < -0.39 is 30.6 Å². The fourth-order valence-corrected chi connectivity index (χ4v) is 1.44. The number of rotatable bonds is 2. The Morgan fingerprint density at radius 1 is 1.50 bits per heavy atom. The zero-order valence-electron chi connectivity index (χ0n) is 9.71. The summed E-state index contributed by atoms with van der Waals surface area (Å²) in [5, 5.41) is 18.6. The van der Waals surface area contributed by atoms with Crippen LogP contribution in [0.4, 0.5) is 0 Å². The predicted molar refractivity (Wildman–Crippen MR) is 56.5 cm³/mol. The number of carbonyl (C=O) groups excluding carboxylic acids is 1. The van der Waals surface area contributed by atoms with Crippen molar-refractivity contribution < 1.29 is 24.5 Å². The van der Waals surface area contributed by atoms with Crippen molar-refractivity contribution in [1.29, 1.82) is 0 Å². The van der Waals surface area contributed by atoms with Crippen molar-refractivity contribution in [1.82, 2.24) is 0 Å². The van der Waals surface area contributed by atoms with Gasteiger partial charge in [-0.05, 0) is 20.8 Å². The van der Waals surface area contributed by atoms with Crippen molar-refractivity contribution in [3.63, 3.8) is 0 Å². The van der Waals surface area contributed by atoms with E-state index in [1.807, 2.05) is 0 Å². The van der Waals surface area contributed by atoms with Crippen LogP contribution in [0.5, 0.6) is 0 Å². The first-order chi connectivity index (χ1) is 7.45. The third kappa shape index (κ3) is 3.04. The van der Waals surface area contributed by atoms with Gasteiger partial charge in [-0.1, -0.05) is 6.08 Å². The second kappa shape index (κ2) is 5.43. The van der Waals surface area contributed by atoms with E-state index in [2.05, 4.69) is 0 Å². The maximum atomic E-state index is 11.5. The van der Waals surface area contributed by atoms with Gasteiger partial charge >= 0.3 is 5.97 Å². The Bertz CT molecular complexity index is 286. The molecule has 0 aromatic rings. The Kier molecular flexibility index (Phi) is 4.46. The lowest BCUT2D eigenvalue weighted by Gasteiger charge is -2.34. The summed E-state index contributed by atoms with van der Waals surface area (Å²) in [6.45, 7) is 5.09. The summed E-state index contributed by atoms with van der Waals surface area (Å²) in [4.78, 5) is 11.5. The number of aliphatic hydroxyl groups excluding tert-OH is 2. The van der Waals surface area contributed by atoms with Gasteiger partial charge < -0.3 is 19.7 Å². The Labute approximate surface area is 94.7 Å². The first-order valence-corrected chi connectivity index (χ1v) is 5.31. The van der Waals surface area contributed by atoms with Gasteiger partial charge in [-0.2, -0.15) is 0 Å². The van der Waals surface area contributed by atoms with Crippen molar-refractivity contribution in [3.05, 3.63) is 11.6 Å². The molecule has 92 valence electrons. The smallest absolute Gasteiger partial charge is 0.333 e. The topological polar surface area (TPSA) is 76.0 Å². The lowest BCUT2D eigenvalue weighted by Crippen LogP contribution is -2.47. The lowest BCUT2D eigenvalue weighted by molar-refractivity contribution is -0.245. The molecule has 0 unspecified atom stereocenters. The van der Waals surface area contributed by atoms with Crippen LogP contribution in [-0.2, 0) is 14.3 Å². The summed E-state index contributed by atoms with van der Waals surface area (Å²) in [5.74, 6) is -0.425. The third-order valence-corrected chi connectivity index (χ3v) is 2.69. The molecule has 1 fully saturated rings. The van der Waals surface area contributed by atoms with E-state index in [1.54, 1.807) is 26.8 Å². The molecular formula is C11H18O5. The van der Waals surface area contributed by atoms with E-state index in [1.165, 1.54) is 0 Å². The number of allylic oxidation sites excluding steroid dienone is 1. The van der Waals surface area contributed by atoms with Gasteiger partial charge in [-0.25, -0.2) is 4.79 Å². The molecule has 4 atom stereocenters. The van der Waals surface area contributed by atoms with Crippen molar-refractivity contribution in [3.8, 4) is 0 Å². The molecule has 16 heavy (non-hydrogen) atoms. The van der Waals surface area contributed by atoms with Gasteiger partial charge in [0.2, 0.25) is 0 Å². The highest BCUT2D eigenvalue weighted by atomic mass is 16.6. The molecule has 1 heterocycles. The second-order valence-electron chi connectivity index (χ2n) is 3.95. The average molecular weight is 230 g/mol. The van der Waals surface area contributed by atoms with E-state index in [0.717, 1.165) is 0 Å². The molecule has 1 aliphatic rings. The van der Waals surface area contributed by atoms with Gasteiger partial charge in [0, 0.05) is 12.0 Å². The first kappa shape index (κ1) is 13.2. The van der Waals surface area contributed by atoms with E-state index in [-0.39, 0.29) is 6.42 Å². The summed E-state index contributed by atoms with van der Waals surface area (Å²) in [6.07, 6.45) is -1.33. The van der Waals surface area contributed by atoms with Gasteiger partial charge in [0.05, 0.1) is 6.10 Å². The normalized spacial score (nSPS) is 35.9. The zero-order valence-corrected chi connectivity index (χ0v) is 9.71. The van der Waals surface area contributed by atoms with Gasteiger partial charge in [-0.3, -0.25) is 0 Å². The number of carbonyl (C=O) groups is 1. The van der Waals surface area contributed by atoms with Crippen molar-refractivity contribution in [2.75, 3.05) is 0 Å². The molecule has 0 bridgehead atoms. The van der Waals surface area contributed by atoms with Crippen molar-refractivity contribution in [2.24, 2.45) is 0 Å². The van der Waals surface area contributed by atoms with Crippen LogP contribution in [0.1, 0.15) is 27.2 Å². The molecule has 0 amide bonds. The Hall–Kier alpha value is -0.910. The lowest BCUT2D eigenvalue weighted by atomic mass is 10.0. The average Bonchev–Trinajstić information content (AvgIpc) is 2.24. The summed E-state index contributed by atoms with van der Waals surface area (Å²) < 4.78 is 10.2. The predicted octanol–water partition coefficient (Wildman–Crippen LogP) is 0.353. The minimum atomic E-state index is -1.20. The first-order valence-electron chi connectivity index (χ1n) is 5.31. The van der Waals surface area contributed by atoms with Gasteiger partial charge in [0.25, 0.3) is 0 Å². The molecule has 1 rings (SSSR count). The van der Waals surface area contributed by atoms with Crippen molar-refractivity contribution in [2.45, 2.75) is 51.8 Å². The number of ether oxygens (including phenoxy) is 2. The number of aliphatic hydroxyl groups is 2. The SMILES string of the molecule is C/C=C(\C)C(=O)O[C@@H]1C[C@@H](O)[C@H](O)O[C@H]1C. The fraction of sp³-hybridized carbons (Fsp3) is 0.727. The molecule has 2 N–H and O–H groups in total. The van der Waals surface area contributed by atoms with E-state index >= 15 is 0 Å². The highest BCUT2D eigenvalue weighted by Gasteiger charge is 2.36. The van der Waals surface area contributed by atoms with Gasteiger partial charge in [0.1, 0.15) is 12.2 Å². The van der Waals surface area contributed by atoms with Crippen molar-refractivity contribution >= 4 is 5.97 Å². The molecule has 0 spiro atoms. The molecule has 1 saturated heterocycles. The molecule has 0 saturated carbocycles. The molecule has 0 aliphatic carbocycles. The summed E-state index contributed by atoms with van der Waals surface area (Å²) in [5.41, 5.74) is 0.507. The van der Waals surface area contributed by atoms with Crippen LogP contribution in [-0.4, -0.2) is 40.8 Å². The maximum absolute atomic E-state index is 11.5. The van der Waals surface area contributed by atoms with Crippen LogP contribution in [0, 0.1) is 0 Å². The van der Waals surface area contributed by atoms with E-state index in [0.29, 0.717) is 5.57 Å². The molecule has 0 aromatic carbocycles. The Balaban J connectivity index is 2.57. The number of hydrogen-bond acceptors (Lipinski definition) is 5. The Morgan fingerprint density at radius 2 is 2.12 bits per heavy atom. The zero-order chi connectivity index (χ0) is 12.3. The van der Waals surface area contributed by atoms with Crippen LogP contribution >= 0.6 is 0 Å². The fourth-order valence-electron chi connectivity index (χ4n) is 1.44. The van der Waals surface area contributed by atoms with Crippen LogP contribution in [0.3, 0.4) is 0 Å². The maximum Gasteiger partial charge on any atom is 0.333 e. The molecular weight excluding hydrogens is 212 g/mol. The second-order valence-corrected chi connectivity index (χ2v) is 3.95. The molecule has 0 aromatic heterocycles. The van der Waals surface area contributed by atoms with Crippen LogP contribution in [0.15, 0.2) is 11.6 Å². The molecule has 5 heteroatoms. The molecule has 0 radical (unpaired) electrons. The van der Waals surface area contributed by atoms with Gasteiger partial charge in [-0.15, -0.1) is 0 Å². The van der Waals surface area contributed by atoms with Crippen LogP contribution in [0.2, 0.25) is 0 Å². The number of hydrogen-bond donors (Lipinski definition) is 2. The third-order valence-electron chi connectivity index (χ3n) is 2.69. The summed E-state index contributed by atoms with van der Waals surface area (Å²) in [6, 6.07) is 0. The van der Waals surface area contributed by atoms with Crippen LogP contribution in [0.25, 0.3) is 0 Å². The van der Waals surface area contributed by atoms with E-state index in [9.17, 15) is 15.0 Å². The van der Waals surface area contributed by atoms with Gasteiger partial charge in [0.15, 0.2) is 6.29 Å². The highest BCUT2D eigenvalue weighted by Crippen LogP contribution is 2.22. The standard InChI is InChI=1S/C11H18O5/c1-4-6(2)10(13)16-9-5-8(12)11(14)15-7(9)3/h4,7-9,11-12,14H,5H2,1-3H3/b6-4+/t7-,8+,9+,11+/m0/s1. The summed E-state index contributed by atoms with van der Waals surface area (Å²) >= 11 is 0. The largest absolute Gasteiger partial charge is 0.456 e. The van der Waals surface area contributed by atoms with Crippen LogP contribution < -0.4 is 0 Å². The summed E-state index contributed by atoms with van der Waals surface area (Å²) in [7, 11) is 0. The minimum Gasteiger partial charge on any atom is -0.456 e. The molecule has 5 nitrogen and oxygen atoms in total. The monoisotopic (exact) mass is 230 g/mol.